The summed E-state index contributed by atoms with van der Waals surface area (Å²) in [5.41, 5.74) is 2.60. The lowest BCUT2D eigenvalue weighted by atomic mass is 10.0. The molecule has 2 N–H and O–H groups in total. The van der Waals surface area contributed by atoms with Crippen molar-refractivity contribution in [1.82, 2.24) is 20.6 Å². The predicted molar refractivity (Wildman–Crippen MR) is 102 cm³/mol. The topological polar surface area (TPSA) is 87.2 Å². The van der Waals surface area contributed by atoms with Gasteiger partial charge < -0.3 is 15.5 Å². The molecule has 27 heavy (non-hydrogen) atoms. The van der Waals surface area contributed by atoms with E-state index in [1.54, 1.807) is 0 Å². The molecule has 0 saturated carbocycles. The minimum Gasteiger partial charge on any atom is -0.354 e. The highest BCUT2D eigenvalue weighted by Crippen LogP contribution is 2.25. The third-order valence-corrected chi connectivity index (χ3v) is 5.00. The number of aromatic nitrogens is 2. The van der Waals surface area contributed by atoms with Crippen molar-refractivity contribution in [2.45, 2.75) is 25.7 Å². The molecule has 140 valence electrons. The van der Waals surface area contributed by atoms with Gasteiger partial charge in [0.15, 0.2) is 0 Å². The summed E-state index contributed by atoms with van der Waals surface area (Å²) in [6.45, 7) is 2.48. The number of nitrogens with one attached hydrogen (secondary N) is 2. The third-order valence-electron chi connectivity index (χ3n) is 5.00. The first-order valence-corrected chi connectivity index (χ1v) is 9.44. The minimum absolute atomic E-state index is 0.0578. The van der Waals surface area contributed by atoms with Crippen LogP contribution in [-0.4, -0.2) is 48.0 Å². The third kappa shape index (κ3) is 3.92. The van der Waals surface area contributed by atoms with Gasteiger partial charge in [-0.2, -0.15) is 0 Å². The number of rotatable bonds is 4. The van der Waals surface area contributed by atoms with Gasteiger partial charge in [0, 0.05) is 44.6 Å². The van der Waals surface area contributed by atoms with Gasteiger partial charge >= 0.3 is 0 Å². The SMILES string of the molecule is O=C1CCN(c2nc(CCc3ccccc3)nc3c2CCNC3=O)CCN1. The maximum absolute atomic E-state index is 12.4. The van der Waals surface area contributed by atoms with Crippen molar-refractivity contribution in [1.29, 1.82) is 0 Å². The second-order valence-electron chi connectivity index (χ2n) is 6.87. The summed E-state index contributed by atoms with van der Waals surface area (Å²) in [5.74, 6) is 1.41. The van der Waals surface area contributed by atoms with Crippen LogP contribution < -0.4 is 15.5 Å². The lowest BCUT2D eigenvalue weighted by Gasteiger charge is -2.27. The van der Waals surface area contributed by atoms with E-state index in [-0.39, 0.29) is 11.8 Å². The molecular formula is C20H23N5O2. The molecule has 2 aliphatic rings. The number of hydrogen-bond donors (Lipinski definition) is 2. The van der Waals surface area contributed by atoms with Gasteiger partial charge in [-0.25, -0.2) is 9.97 Å². The average molecular weight is 365 g/mol. The molecule has 1 aromatic carbocycles. The highest BCUT2D eigenvalue weighted by Gasteiger charge is 2.27. The second-order valence-corrected chi connectivity index (χ2v) is 6.87. The molecule has 2 amide bonds. The van der Waals surface area contributed by atoms with E-state index >= 15 is 0 Å². The van der Waals surface area contributed by atoms with Crippen molar-refractivity contribution in [2.75, 3.05) is 31.1 Å². The van der Waals surface area contributed by atoms with E-state index < -0.39 is 0 Å². The van der Waals surface area contributed by atoms with E-state index in [0.717, 1.165) is 17.8 Å². The van der Waals surface area contributed by atoms with Crippen LogP contribution in [0, 0.1) is 0 Å². The number of anilines is 1. The molecule has 2 aromatic rings. The lowest BCUT2D eigenvalue weighted by Crippen LogP contribution is -2.37. The summed E-state index contributed by atoms with van der Waals surface area (Å²) in [4.78, 5) is 35.6. The Balaban J connectivity index is 1.65. The van der Waals surface area contributed by atoms with E-state index in [0.29, 0.717) is 57.0 Å². The summed E-state index contributed by atoms with van der Waals surface area (Å²) in [5, 5.41) is 5.77. The van der Waals surface area contributed by atoms with Crippen LogP contribution in [-0.2, 0) is 24.1 Å². The summed E-state index contributed by atoms with van der Waals surface area (Å²) >= 11 is 0. The molecule has 1 aromatic heterocycles. The average Bonchev–Trinajstić information content (AvgIpc) is 2.92. The van der Waals surface area contributed by atoms with E-state index in [9.17, 15) is 9.59 Å². The molecule has 2 aliphatic heterocycles. The number of carbonyl (C=O) groups excluding carboxylic acids is 2. The van der Waals surface area contributed by atoms with Crippen molar-refractivity contribution in [2.24, 2.45) is 0 Å². The molecule has 7 heteroatoms. The van der Waals surface area contributed by atoms with Crippen molar-refractivity contribution in [3.8, 4) is 0 Å². The number of nitrogens with zero attached hydrogens (tertiary/aromatic N) is 3. The van der Waals surface area contributed by atoms with Crippen LogP contribution in [0.5, 0.6) is 0 Å². The molecule has 0 unspecified atom stereocenters. The van der Waals surface area contributed by atoms with E-state index in [2.05, 4.69) is 32.7 Å². The molecule has 4 rings (SSSR count). The summed E-state index contributed by atoms with van der Waals surface area (Å²) in [6.07, 6.45) is 2.64. The first kappa shape index (κ1) is 17.5. The zero-order valence-electron chi connectivity index (χ0n) is 15.2. The van der Waals surface area contributed by atoms with Crippen LogP contribution in [0.4, 0.5) is 5.82 Å². The number of benzene rings is 1. The Hall–Kier alpha value is -2.96. The number of aryl methyl sites for hydroxylation is 2. The summed E-state index contributed by atoms with van der Waals surface area (Å²) in [6, 6.07) is 10.2. The normalized spacial score (nSPS) is 17.0. The zero-order valence-corrected chi connectivity index (χ0v) is 15.2. The molecule has 0 radical (unpaired) electrons. The largest absolute Gasteiger partial charge is 0.354 e. The van der Waals surface area contributed by atoms with Crippen LogP contribution in [0.15, 0.2) is 30.3 Å². The molecular weight excluding hydrogens is 342 g/mol. The van der Waals surface area contributed by atoms with Gasteiger partial charge in [0.2, 0.25) is 5.91 Å². The number of fused-ring (bicyclic) bond motifs is 1. The molecule has 0 aliphatic carbocycles. The standard InChI is InChI=1S/C20H23N5O2/c26-17-9-12-25(13-11-21-17)19-15-8-10-22-20(27)18(15)23-16(24-19)7-6-14-4-2-1-3-5-14/h1-5H,6-13H2,(H,21,26)(H,22,27). The number of hydrogen-bond acceptors (Lipinski definition) is 5. The van der Waals surface area contributed by atoms with Crippen molar-refractivity contribution in [3.63, 3.8) is 0 Å². The maximum Gasteiger partial charge on any atom is 0.270 e. The quantitative estimate of drug-likeness (QED) is 0.840. The fraction of sp³-hybridized carbons (Fsp3) is 0.400. The summed E-state index contributed by atoms with van der Waals surface area (Å²) < 4.78 is 0. The van der Waals surface area contributed by atoms with Crippen LogP contribution in [0.1, 0.15) is 33.9 Å². The first-order valence-electron chi connectivity index (χ1n) is 9.44. The molecule has 7 nitrogen and oxygen atoms in total. The fourth-order valence-corrected chi connectivity index (χ4v) is 3.57. The first-order chi connectivity index (χ1) is 13.2. The molecule has 3 heterocycles. The van der Waals surface area contributed by atoms with E-state index in [4.69, 9.17) is 4.98 Å². The Bertz CT molecular complexity index is 853. The Labute approximate surface area is 158 Å². The summed E-state index contributed by atoms with van der Waals surface area (Å²) in [7, 11) is 0. The number of amides is 2. The minimum atomic E-state index is -0.134. The zero-order chi connectivity index (χ0) is 18.6. The van der Waals surface area contributed by atoms with E-state index in [1.165, 1.54) is 5.56 Å². The lowest BCUT2D eigenvalue weighted by molar-refractivity contribution is -0.120. The highest BCUT2D eigenvalue weighted by molar-refractivity contribution is 5.96. The molecule has 0 atom stereocenters. The van der Waals surface area contributed by atoms with E-state index in [1.807, 2.05) is 18.2 Å². The van der Waals surface area contributed by atoms with Crippen molar-refractivity contribution < 1.29 is 9.59 Å². The van der Waals surface area contributed by atoms with Gasteiger partial charge in [-0.05, 0) is 18.4 Å². The van der Waals surface area contributed by atoms with Gasteiger partial charge in [0.1, 0.15) is 17.3 Å². The van der Waals surface area contributed by atoms with Crippen LogP contribution in [0.3, 0.4) is 0 Å². The maximum atomic E-state index is 12.4. The van der Waals surface area contributed by atoms with Gasteiger partial charge in [-0.1, -0.05) is 30.3 Å². The Kier molecular flexibility index (Phi) is 5.00. The Morgan fingerprint density at radius 2 is 1.78 bits per heavy atom. The van der Waals surface area contributed by atoms with Gasteiger partial charge in [-0.15, -0.1) is 0 Å². The molecule has 0 bridgehead atoms. The van der Waals surface area contributed by atoms with Gasteiger partial charge in [-0.3, -0.25) is 9.59 Å². The monoisotopic (exact) mass is 365 g/mol. The van der Waals surface area contributed by atoms with Crippen molar-refractivity contribution >= 4 is 17.6 Å². The van der Waals surface area contributed by atoms with Gasteiger partial charge in [0.05, 0.1) is 0 Å². The van der Waals surface area contributed by atoms with Crippen LogP contribution in [0.25, 0.3) is 0 Å². The smallest absolute Gasteiger partial charge is 0.270 e. The van der Waals surface area contributed by atoms with Crippen molar-refractivity contribution in [3.05, 3.63) is 53.0 Å². The number of carbonyl (C=O) groups is 2. The molecule has 1 fully saturated rings. The Morgan fingerprint density at radius 3 is 2.63 bits per heavy atom. The molecule has 1 saturated heterocycles. The van der Waals surface area contributed by atoms with Gasteiger partial charge in [0.25, 0.3) is 5.91 Å². The molecule has 0 spiro atoms. The van der Waals surface area contributed by atoms with Crippen LogP contribution in [0.2, 0.25) is 0 Å². The fourth-order valence-electron chi connectivity index (χ4n) is 3.57. The highest BCUT2D eigenvalue weighted by atomic mass is 16.2. The second kappa shape index (κ2) is 7.73. The Morgan fingerprint density at radius 1 is 0.926 bits per heavy atom. The predicted octanol–water partition coefficient (Wildman–Crippen LogP) is 0.874. The van der Waals surface area contributed by atoms with Crippen LogP contribution >= 0.6 is 0 Å².